The lowest BCUT2D eigenvalue weighted by Gasteiger charge is -2.08. The van der Waals surface area contributed by atoms with Crippen LogP contribution < -0.4 is 10.6 Å². The lowest BCUT2D eigenvalue weighted by atomic mass is 10.2. The minimum atomic E-state index is -0.250. The number of nitrogens with zero attached hydrogens (tertiary/aromatic N) is 2. The summed E-state index contributed by atoms with van der Waals surface area (Å²) < 4.78 is 0. The minimum Gasteiger partial charge on any atom is -0.366 e. The number of halogens is 1. The molecule has 5 nitrogen and oxygen atoms in total. The van der Waals surface area contributed by atoms with E-state index in [1.807, 2.05) is 13.8 Å². The summed E-state index contributed by atoms with van der Waals surface area (Å²) in [5.74, 6) is 0.823. The second-order valence-electron chi connectivity index (χ2n) is 4.56. The number of benzene rings is 1. The molecule has 1 aromatic heterocycles. The molecular weight excluding hydrogens is 276 g/mol. The zero-order chi connectivity index (χ0) is 14.5. The first-order valence-corrected chi connectivity index (χ1v) is 6.59. The van der Waals surface area contributed by atoms with E-state index in [-0.39, 0.29) is 11.9 Å². The molecule has 0 atom stereocenters. The number of amides is 1. The number of hydrogen-bond acceptors (Lipinski definition) is 4. The van der Waals surface area contributed by atoms with Gasteiger partial charge in [0, 0.05) is 16.6 Å². The van der Waals surface area contributed by atoms with Crippen LogP contribution in [-0.2, 0) is 0 Å². The Morgan fingerprint density at radius 1 is 1.05 bits per heavy atom. The molecule has 1 heterocycles. The van der Waals surface area contributed by atoms with Crippen molar-refractivity contribution >= 4 is 29.1 Å². The third-order valence-corrected chi connectivity index (χ3v) is 2.70. The highest BCUT2D eigenvalue weighted by Crippen LogP contribution is 2.12. The van der Waals surface area contributed by atoms with Crippen molar-refractivity contribution in [2.24, 2.45) is 0 Å². The fraction of sp³-hybridized carbons (Fsp3) is 0.214. The number of aromatic nitrogens is 2. The Morgan fingerprint density at radius 2 is 1.65 bits per heavy atom. The van der Waals surface area contributed by atoms with Gasteiger partial charge < -0.3 is 10.6 Å². The molecule has 1 amide bonds. The van der Waals surface area contributed by atoms with Crippen molar-refractivity contribution in [1.82, 2.24) is 10.2 Å². The summed E-state index contributed by atoms with van der Waals surface area (Å²) in [5.41, 5.74) is 0.514. The number of carbonyl (C=O) groups is 1. The molecule has 0 fully saturated rings. The van der Waals surface area contributed by atoms with E-state index in [4.69, 9.17) is 11.6 Å². The molecule has 0 radical (unpaired) electrons. The van der Waals surface area contributed by atoms with E-state index < -0.39 is 0 Å². The number of rotatable bonds is 4. The summed E-state index contributed by atoms with van der Waals surface area (Å²) in [7, 11) is 0. The molecule has 0 aliphatic heterocycles. The fourth-order valence-electron chi connectivity index (χ4n) is 1.56. The molecule has 0 saturated heterocycles. The van der Waals surface area contributed by atoms with Gasteiger partial charge >= 0.3 is 0 Å². The highest BCUT2D eigenvalue weighted by Gasteiger charge is 2.07. The zero-order valence-electron chi connectivity index (χ0n) is 11.2. The van der Waals surface area contributed by atoms with Gasteiger partial charge in [-0.3, -0.25) is 4.79 Å². The predicted molar refractivity (Wildman–Crippen MR) is 80.2 cm³/mol. The Morgan fingerprint density at radius 3 is 2.20 bits per heavy atom. The van der Waals surface area contributed by atoms with Crippen LogP contribution in [0.4, 0.5) is 11.6 Å². The van der Waals surface area contributed by atoms with Crippen LogP contribution in [0.2, 0.25) is 5.02 Å². The SMILES string of the molecule is CC(C)Nc1ccc(NC(=O)c2ccc(Cl)cc2)nn1. The summed E-state index contributed by atoms with van der Waals surface area (Å²) >= 11 is 5.77. The normalized spacial score (nSPS) is 10.4. The van der Waals surface area contributed by atoms with Gasteiger partial charge in [0.25, 0.3) is 5.91 Å². The van der Waals surface area contributed by atoms with Gasteiger partial charge in [0.15, 0.2) is 5.82 Å². The van der Waals surface area contributed by atoms with Crippen molar-refractivity contribution in [3.8, 4) is 0 Å². The molecule has 2 N–H and O–H groups in total. The van der Waals surface area contributed by atoms with Gasteiger partial charge in [-0.25, -0.2) is 0 Å². The molecule has 0 aliphatic carbocycles. The van der Waals surface area contributed by atoms with Gasteiger partial charge in [0.2, 0.25) is 0 Å². The van der Waals surface area contributed by atoms with Gasteiger partial charge in [0.1, 0.15) is 5.82 Å². The van der Waals surface area contributed by atoms with E-state index in [1.165, 1.54) is 0 Å². The molecule has 0 unspecified atom stereocenters. The van der Waals surface area contributed by atoms with Gasteiger partial charge in [-0.15, -0.1) is 10.2 Å². The number of nitrogens with one attached hydrogen (secondary N) is 2. The van der Waals surface area contributed by atoms with Crippen LogP contribution in [0.3, 0.4) is 0 Å². The number of hydrogen-bond donors (Lipinski definition) is 2. The minimum absolute atomic E-state index is 0.250. The Hall–Kier alpha value is -2.14. The highest BCUT2D eigenvalue weighted by atomic mass is 35.5. The van der Waals surface area contributed by atoms with Crippen molar-refractivity contribution in [2.45, 2.75) is 19.9 Å². The van der Waals surface area contributed by atoms with Crippen LogP contribution in [0.25, 0.3) is 0 Å². The Balaban J connectivity index is 2.02. The maximum atomic E-state index is 12.0. The van der Waals surface area contributed by atoms with E-state index in [0.717, 1.165) is 0 Å². The molecule has 2 aromatic rings. The standard InChI is InChI=1S/C14H15ClN4O/c1-9(2)16-12-7-8-13(19-18-12)17-14(20)10-3-5-11(15)6-4-10/h3-9H,1-2H3,(H,16,18)(H,17,19,20). The largest absolute Gasteiger partial charge is 0.366 e. The van der Waals surface area contributed by atoms with Gasteiger partial charge in [-0.2, -0.15) is 0 Å². The molecular formula is C14H15ClN4O. The molecule has 0 spiro atoms. The summed E-state index contributed by atoms with van der Waals surface area (Å²) in [4.78, 5) is 12.0. The molecule has 20 heavy (non-hydrogen) atoms. The Bertz CT molecular complexity index is 581. The van der Waals surface area contributed by atoms with E-state index in [9.17, 15) is 4.79 Å². The average molecular weight is 291 g/mol. The molecule has 2 rings (SSSR count). The maximum Gasteiger partial charge on any atom is 0.256 e. The molecule has 6 heteroatoms. The van der Waals surface area contributed by atoms with Crippen LogP contribution in [0.5, 0.6) is 0 Å². The first-order chi connectivity index (χ1) is 9.54. The van der Waals surface area contributed by atoms with Crippen LogP contribution in [0.15, 0.2) is 36.4 Å². The van der Waals surface area contributed by atoms with Crippen molar-refractivity contribution < 1.29 is 4.79 Å². The van der Waals surface area contributed by atoms with Gasteiger partial charge in [-0.1, -0.05) is 11.6 Å². The van der Waals surface area contributed by atoms with Crippen LogP contribution >= 0.6 is 11.6 Å². The Kier molecular flexibility index (Phi) is 4.53. The molecule has 0 bridgehead atoms. The molecule has 0 aliphatic rings. The first-order valence-electron chi connectivity index (χ1n) is 6.22. The van der Waals surface area contributed by atoms with Crippen molar-refractivity contribution in [3.63, 3.8) is 0 Å². The second-order valence-corrected chi connectivity index (χ2v) is 5.00. The van der Waals surface area contributed by atoms with Crippen molar-refractivity contribution in [3.05, 3.63) is 47.0 Å². The van der Waals surface area contributed by atoms with Crippen LogP contribution in [0, 0.1) is 0 Å². The average Bonchev–Trinajstić information content (AvgIpc) is 2.41. The fourth-order valence-corrected chi connectivity index (χ4v) is 1.69. The monoisotopic (exact) mass is 290 g/mol. The molecule has 1 aromatic carbocycles. The van der Waals surface area contributed by atoms with Gasteiger partial charge in [-0.05, 0) is 50.2 Å². The van der Waals surface area contributed by atoms with Crippen LogP contribution in [0.1, 0.15) is 24.2 Å². The maximum absolute atomic E-state index is 12.0. The summed E-state index contributed by atoms with van der Waals surface area (Å²) in [5, 5.41) is 14.3. The highest BCUT2D eigenvalue weighted by molar-refractivity contribution is 6.30. The zero-order valence-corrected chi connectivity index (χ0v) is 12.0. The lowest BCUT2D eigenvalue weighted by molar-refractivity contribution is 0.102. The molecule has 0 saturated carbocycles. The van der Waals surface area contributed by atoms with E-state index in [0.29, 0.717) is 22.2 Å². The number of anilines is 2. The second kappa shape index (κ2) is 6.34. The third-order valence-electron chi connectivity index (χ3n) is 2.45. The van der Waals surface area contributed by atoms with E-state index in [2.05, 4.69) is 20.8 Å². The van der Waals surface area contributed by atoms with Crippen molar-refractivity contribution in [2.75, 3.05) is 10.6 Å². The topological polar surface area (TPSA) is 66.9 Å². The smallest absolute Gasteiger partial charge is 0.256 e. The lowest BCUT2D eigenvalue weighted by Crippen LogP contribution is -2.15. The first kappa shape index (κ1) is 14.3. The van der Waals surface area contributed by atoms with Crippen molar-refractivity contribution in [1.29, 1.82) is 0 Å². The van der Waals surface area contributed by atoms with E-state index >= 15 is 0 Å². The van der Waals surface area contributed by atoms with E-state index in [1.54, 1.807) is 36.4 Å². The molecule has 104 valence electrons. The van der Waals surface area contributed by atoms with Gasteiger partial charge in [0.05, 0.1) is 0 Å². The summed E-state index contributed by atoms with van der Waals surface area (Å²) in [6.45, 7) is 4.02. The quantitative estimate of drug-likeness (QED) is 0.907. The third kappa shape index (κ3) is 3.93. The van der Waals surface area contributed by atoms with Crippen LogP contribution in [-0.4, -0.2) is 22.1 Å². The Labute approximate surface area is 122 Å². The predicted octanol–water partition coefficient (Wildman–Crippen LogP) is 3.20. The summed E-state index contributed by atoms with van der Waals surface area (Å²) in [6.07, 6.45) is 0. The summed E-state index contributed by atoms with van der Waals surface area (Å²) in [6, 6.07) is 10.4. The number of carbonyl (C=O) groups excluding carboxylic acids is 1.